The van der Waals surface area contributed by atoms with E-state index in [1.165, 1.54) is 31.4 Å². The van der Waals surface area contributed by atoms with Gasteiger partial charge in [0.1, 0.15) is 5.56 Å². The average molecular weight is 409 g/mol. The number of carbonyl (C=O) groups is 2. The summed E-state index contributed by atoms with van der Waals surface area (Å²) < 4.78 is 9.82. The lowest BCUT2D eigenvalue weighted by molar-refractivity contribution is 0.0396. The van der Waals surface area contributed by atoms with Gasteiger partial charge in [-0.3, -0.25) is 0 Å². The molecule has 2 N–H and O–H groups in total. The Morgan fingerprint density at radius 3 is 2.25 bits per heavy atom. The van der Waals surface area contributed by atoms with Gasteiger partial charge in [-0.1, -0.05) is 46.4 Å². The largest absolute Gasteiger partial charge is 0.494 e. The minimum Gasteiger partial charge on any atom is -0.494 e. The highest BCUT2D eigenvalue weighted by atomic mass is 35.5. The number of hydrogen-bond donors (Lipinski definition) is 1. The predicted molar refractivity (Wildman–Crippen MR) is 93.6 cm³/mol. The fourth-order valence-corrected chi connectivity index (χ4v) is 2.75. The van der Waals surface area contributed by atoms with Crippen LogP contribution >= 0.6 is 46.4 Å². The lowest BCUT2D eigenvalue weighted by Gasteiger charge is -2.12. The van der Waals surface area contributed by atoms with E-state index in [-0.39, 0.29) is 42.7 Å². The van der Waals surface area contributed by atoms with Gasteiger partial charge in [0.05, 0.1) is 33.4 Å². The summed E-state index contributed by atoms with van der Waals surface area (Å²) in [5, 5.41) is 0.216. The predicted octanol–water partition coefficient (Wildman–Crippen LogP) is 4.89. The Labute approximate surface area is 157 Å². The van der Waals surface area contributed by atoms with Crippen LogP contribution in [0.5, 0.6) is 5.75 Å². The summed E-state index contributed by atoms with van der Waals surface area (Å²) >= 11 is 23.7. The molecule has 0 aliphatic rings. The molecular formula is C15H9Cl4NO4. The second kappa shape index (κ2) is 7.49. The number of rotatable bonds is 3. The maximum atomic E-state index is 12.3. The van der Waals surface area contributed by atoms with Gasteiger partial charge < -0.3 is 15.2 Å². The summed E-state index contributed by atoms with van der Waals surface area (Å²) in [4.78, 5) is 24.5. The minimum atomic E-state index is -1.06. The van der Waals surface area contributed by atoms with E-state index in [1.54, 1.807) is 0 Å². The number of halogens is 4. The van der Waals surface area contributed by atoms with Crippen LogP contribution in [0, 0.1) is 0 Å². The van der Waals surface area contributed by atoms with Crippen molar-refractivity contribution in [1.29, 1.82) is 0 Å². The van der Waals surface area contributed by atoms with Crippen LogP contribution in [0.15, 0.2) is 24.3 Å². The standard InChI is InChI=1S/C15H9Cl4NO4/c1-23-13-9(18)3-2-8(17)11(13)15(22)24-14(21)7-4-6(16)5-10(20)12(7)19/h2-5H,20H2,1H3. The van der Waals surface area contributed by atoms with Crippen LogP contribution in [0.4, 0.5) is 5.69 Å². The maximum Gasteiger partial charge on any atom is 0.351 e. The Morgan fingerprint density at radius 2 is 1.62 bits per heavy atom. The summed E-state index contributed by atoms with van der Waals surface area (Å²) in [6.07, 6.45) is 0. The van der Waals surface area contributed by atoms with Gasteiger partial charge in [-0.2, -0.15) is 0 Å². The number of methoxy groups -OCH3 is 1. The molecule has 0 aliphatic carbocycles. The first kappa shape index (κ1) is 18.7. The van der Waals surface area contributed by atoms with Crippen molar-refractivity contribution < 1.29 is 19.1 Å². The molecule has 0 radical (unpaired) electrons. The van der Waals surface area contributed by atoms with Gasteiger partial charge in [0.2, 0.25) is 0 Å². The molecule has 0 saturated heterocycles. The number of esters is 2. The van der Waals surface area contributed by atoms with Crippen LogP contribution in [-0.4, -0.2) is 19.0 Å². The highest BCUT2D eigenvalue weighted by Gasteiger charge is 2.25. The summed E-state index contributed by atoms with van der Waals surface area (Å²) in [7, 11) is 1.30. The molecule has 0 bridgehead atoms. The van der Waals surface area contributed by atoms with Crippen molar-refractivity contribution in [2.45, 2.75) is 0 Å². The monoisotopic (exact) mass is 407 g/mol. The van der Waals surface area contributed by atoms with E-state index in [1.807, 2.05) is 0 Å². The Morgan fingerprint density at radius 1 is 1.00 bits per heavy atom. The first-order valence-electron chi connectivity index (χ1n) is 6.29. The number of anilines is 1. The molecule has 9 heteroatoms. The Balaban J connectivity index is 2.38. The molecule has 126 valence electrons. The number of nitrogens with two attached hydrogens (primary N) is 1. The number of benzene rings is 2. The molecule has 5 nitrogen and oxygen atoms in total. The molecule has 0 fully saturated rings. The second-order valence-corrected chi connectivity index (χ2v) is 6.10. The SMILES string of the molecule is COc1c(Cl)ccc(Cl)c1C(=O)OC(=O)c1cc(Cl)cc(N)c1Cl. The summed E-state index contributed by atoms with van der Waals surface area (Å²) in [5.74, 6) is -2.12. The fraction of sp³-hybridized carbons (Fsp3) is 0.0667. The average Bonchev–Trinajstić information content (AvgIpc) is 2.52. The third kappa shape index (κ3) is 3.70. The van der Waals surface area contributed by atoms with Crippen LogP contribution in [0.3, 0.4) is 0 Å². The molecule has 2 aromatic carbocycles. The first-order valence-corrected chi connectivity index (χ1v) is 7.80. The molecule has 0 heterocycles. The van der Waals surface area contributed by atoms with E-state index in [0.717, 1.165) is 0 Å². The molecule has 0 unspecified atom stereocenters. The second-order valence-electron chi connectivity index (χ2n) is 4.47. The summed E-state index contributed by atoms with van der Waals surface area (Å²) in [5.41, 5.74) is 5.35. The van der Waals surface area contributed by atoms with Crippen LogP contribution < -0.4 is 10.5 Å². The van der Waals surface area contributed by atoms with Crippen molar-refractivity contribution in [3.63, 3.8) is 0 Å². The van der Waals surface area contributed by atoms with Gasteiger partial charge in [-0.15, -0.1) is 0 Å². The zero-order valence-electron chi connectivity index (χ0n) is 12.0. The van der Waals surface area contributed by atoms with E-state index in [2.05, 4.69) is 0 Å². The van der Waals surface area contributed by atoms with Gasteiger partial charge in [0.25, 0.3) is 0 Å². The number of hydrogen-bond acceptors (Lipinski definition) is 5. The molecule has 0 saturated carbocycles. The maximum absolute atomic E-state index is 12.3. The molecule has 0 aromatic heterocycles. The third-order valence-corrected chi connectivity index (χ3v) is 4.19. The van der Waals surface area contributed by atoms with E-state index in [0.29, 0.717) is 0 Å². The summed E-state index contributed by atoms with van der Waals surface area (Å²) in [6.45, 7) is 0. The van der Waals surface area contributed by atoms with E-state index in [9.17, 15) is 9.59 Å². The van der Waals surface area contributed by atoms with Gasteiger partial charge in [0.15, 0.2) is 5.75 Å². The van der Waals surface area contributed by atoms with Crippen LogP contribution in [-0.2, 0) is 4.74 Å². The topological polar surface area (TPSA) is 78.6 Å². The van der Waals surface area contributed by atoms with Gasteiger partial charge in [-0.05, 0) is 24.3 Å². The highest BCUT2D eigenvalue weighted by Crippen LogP contribution is 2.35. The highest BCUT2D eigenvalue weighted by molar-refractivity contribution is 6.39. The van der Waals surface area contributed by atoms with Crippen LogP contribution in [0.2, 0.25) is 20.1 Å². The van der Waals surface area contributed by atoms with Crippen molar-refractivity contribution in [2.24, 2.45) is 0 Å². The Hall–Kier alpha value is -1.66. The molecule has 0 spiro atoms. The molecular weight excluding hydrogens is 400 g/mol. The Kier molecular flexibility index (Phi) is 5.83. The van der Waals surface area contributed by atoms with Crippen molar-refractivity contribution in [3.8, 4) is 5.75 Å². The third-order valence-electron chi connectivity index (χ3n) is 2.94. The molecule has 0 aliphatic heterocycles. The number of nitrogen functional groups attached to an aromatic ring is 1. The molecule has 2 aromatic rings. The zero-order valence-corrected chi connectivity index (χ0v) is 15.1. The number of ether oxygens (including phenoxy) is 2. The van der Waals surface area contributed by atoms with Crippen molar-refractivity contribution in [3.05, 3.63) is 55.5 Å². The molecule has 0 atom stereocenters. The van der Waals surface area contributed by atoms with Crippen molar-refractivity contribution >= 4 is 64.0 Å². The fourth-order valence-electron chi connectivity index (χ4n) is 1.87. The van der Waals surface area contributed by atoms with Crippen molar-refractivity contribution in [2.75, 3.05) is 12.8 Å². The van der Waals surface area contributed by atoms with Crippen molar-refractivity contribution in [1.82, 2.24) is 0 Å². The minimum absolute atomic E-state index is 0.00533. The van der Waals surface area contributed by atoms with E-state index < -0.39 is 11.9 Å². The van der Waals surface area contributed by atoms with Crippen LogP contribution in [0.1, 0.15) is 20.7 Å². The van der Waals surface area contributed by atoms with Crippen LogP contribution in [0.25, 0.3) is 0 Å². The Bertz CT molecular complexity index is 839. The lowest BCUT2D eigenvalue weighted by atomic mass is 10.2. The smallest absolute Gasteiger partial charge is 0.351 e. The lowest BCUT2D eigenvalue weighted by Crippen LogP contribution is -2.15. The molecule has 24 heavy (non-hydrogen) atoms. The van der Waals surface area contributed by atoms with Gasteiger partial charge in [-0.25, -0.2) is 9.59 Å². The normalized spacial score (nSPS) is 10.4. The molecule has 0 amide bonds. The number of carbonyl (C=O) groups excluding carboxylic acids is 2. The van der Waals surface area contributed by atoms with Gasteiger partial charge >= 0.3 is 11.9 Å². The quantitative estimate of drug-likeness (QED) is 0.444. The van der Waals surface area contributed by atoms with E-state index in [4.69, 9.17) is 61.6 Å². The van der Waals surface area contributed by atoms with Gasteiger partial charge in [0, 0.05) is 5.02 Å². The zero-order chi connectivity index (χ0) is 18.0. The molecule has 2 rings (SSSR count). The van der Waals surface area contributed by atoms with E-state index >= 15 is 0 Å². The summed E-state index contributed by atoms with van der Waals surface area (Å²) in [6, 6.07) is 5.40. The first-order chi connectivity index (χ1) is 11.3.